The predicted octanol–water partition coefficient (Wildman–Crippen LogP) is 1.15. The molecule has 88 valence electrons. The quantitative estimate of drug-likeness (QED) is 0.724. The molecule has 1 aliphatic rings. The highest BCUT2D eigenvalue weighted by atomic mass is 19.4. The number of hydrogen-bond acceptors (Lipinski definition) is 2. The monoisotopic (exact) mass is 224 g/mol. The average molecular weight is 224 g/mol. The normalized spacial score (nSPS) is 27.9. The van der Waals surface area contributed by atoms with Crippen LogP contribution in [-0.4, -0.2) is 42.2 Å². The summed E-state index contributed by atoms with van der Waals surface area (Å²) in [6.07, 6.45) is -5.77. The molecule has 1 saturated heterocycles. The Morgan fingerprint density at radius 2 is 1.80 bits per heavy atom. The number of halogens is 3. The fraction of sp³-hybridized carbons (Fsp3) is 0.889. The third-order valence-electron chi connectivity index (χ3n) is 2.47. The number of alkyl halides is 3. The van der Waals surface area contributed by atoms with Gasteiger partial charge in [0.2, 0.25) is 5.91 Å². The molecular formula is C9H15F3N2O. The number of piperazine rings is 1. The van der Waals surface area contributed by atoms with Gasteiger partial charge in [-0.1, -0.05) is 0 Å². The molecule has 3 nitrogen and oxygen atoms in total. The Kier molecular flexibility index (Phi) is 3.59. The Hall–Kier alpha value is -0.780. The second kappa shape index (κ2) is 4.38. The molecule has 1 aliphatic heterocycles. The summed E-state index contributed by atoms with van der Waals surface area (Å²) in [6, 6.07) is -0.354. The first kappa shape index (κ1) is 12.3. The maximum absolute atomic E-state index is 12.1. The van der Waals surface area contributed by atoms with Crippen LogP contribution in [-0.2, 0) is 4.79 Å². The van der Waals surface area contributed by atoms with Crippen LogP contribution < -0.4 is 5.32 Å². The minimum atomic E-state index is -4.42. The molecule has 1 amide bonds. The highest BCUT2D eigenvalue weighted by Gasteiger charge is 2.37. The molecule has 2 unspecified atom stereocenters. The van der Waals surface area contributed by atoms with E-state index in [-0.39, 0.29) is 12.1 Å². The van der Waals surface area contributed by atoms with Crippen molar-refractivity contribution in [3.8, 4) is 0 Å². The zero-order valence-electron chi connectivity index (χ0n) is 8.77. The molecule has 0 bridgehead atoms. The van der Waals surface area contributed by atoms with Gasteiger partial charge in [-0.25, -0.2) is 0 Å². The van der Waals surface area contributed by atoms with Gasteiger partial charge in [-0.15, -0.1) is 0 Å². The van der Waals surface area contributed by atoms with Crippen LogP contribution in [0.25, 0.3) is 0 Å². The summed E-state index contributed by atoms with van der Waals surface area (Å²) in [5, 5.41) is 3.06. The number of hydrogen-bond donors (Lipinski definition) is 1. The molecule has 2 atom stereocenters. The Morgan fingerprint density at radius 1 is 1.33 bits per heavy atom. The second-order valence-corrected chi connectivity index (χ2v) is 3.95. The highest BCUT2D eigenvalue weighted by molar-refractivity contribution is 5.77. The van der Waals surface area contributed by atoms with E-state index < -0.39 is 18.5 Å². The fourth-order valence-corrected chi connectivity index (χ4v) is 1.89. The summed E-state index contributed by atoms with van der Waals surface area (Å²) < 4.78 is 36.2. The third kappa shape index (κ3) is 3.37. The number of carbonyl (C=O) groups is 1. The summed E-state index contributed by atoms with van der Waals surface area (Å²) in [5.41, 5.74) is 0. The molecule has 15 heavy (non-hydrogen) atoms. The van der Waals surface area contributed by atoms with Crippen molar-refractivity contribution in [2.75, 3.05) is 13.1 Å². The Labute approximate surface area is 86.6 Å². The molecular weight excluding hydrogens is 209 g/mol. The van der Waals surface area contributed by atoms with Crippen LogP contribution in [0.3, 0.4) is 0 Å². The van der Waals surface area contributed by atoms with Gasteiger partial charge in [0.05, 0.1) is 0 Å². The van der Waals surface area contributed by atoms with Crippen molar-refractivity contribution in [1.82, 2.24) is 10.2 Å². The van der Waals surface area contributed by atoms with Gasteiger partial charge in [0.25, 0.3) is 0 Å². The van der Waals surface area contributed by atoms with Gasteiger partial charge in [0, 0.05) is 25.2 Å². The van der Waals surface area contributed by atoms with Crippen molar-refractivity contribution in [2.24, 2.45) is 0 Å². The number of nitrogens with one attached hydrogen (secondary N) is 1. The van der Waals surface area contributed by atoms with Crippen molar-refractivity contribution >= 4 is 5.91 Å². The zero-order chi connectivity index (χ0) is 11.6. The van der Waals surface area contributed by atoms with Crippen LogP contribution in [0.2, 0.25) is 0 Å². The van der Waals surface area contributed by atoms with Gasteiger partial charge >= 0.3 is 6.18 Å². The lowest BCUT2D eigenvalue weighted by Gasteiger charge is -2.39. The molecule has 0 saturated carbocycles. The molecule has 0 aromatic heterocycles. The fourth-order valence-electron chi connectivity index (χ4n) is 1.89. The van der Waals surface area contributed by atoms with E-state index in [4.69, 9.17) is 0 Å². The van der Waals surface area contributed by atoms with Crippen LogP contribution >= 0.6 is 0 Å². The topological polar surface area (TPSA) is 32.3 Å². The number of nitrogens with zero attached hydrogens (tertiary/aromatic N) is 1. The molecule has 1 heterocycles. The van der Waals surface area contributed by atoms with Crippen LogP contribution in [0, 0.1) is 0 Å². The van der Waals surface area contributed by atoms with E-state index in [1.165, 1.54) is 4.90 Å². The van der Waals surface area contributed by atoms with Crippen molar-refractivity contribution in [3.05, 3.63) is 0 Å². The van der Waals surface area contributed by atoms with Crippen LogP contribution in [0.1, 0.15) is 20.3 Å². The first-order valence-electron chi connectivity index (χ1n) is 4.90. The Balaban J connectivity index is 2.64. The van der Waals surface area contributed by atoms with Gasteiger partial charge in [0.1, 0.15) is 6.42 Å². The van der Waals surface area contributed by atoms with Crippen molar-refractivity contribution in [1.29, 1.82) is 0 Å². The Bertz CT molecular complexity index is 232. The smallest absolute Gasteiger partial charge is 0.334 e. The molecule has 0 aromatic rings. The summed E-state index contributed by atoms with van der Waals surface area (Å²) in [5.74, 6) is -0.830. The molecule has 0 spiro atoms. The summed E-state index contributed by atoms with van der Waals surface area (Å²) in [7, 11) is 0. The lowest BCUT2D eigenvalue weighted by Crippen LogP contribution is -2.57. The van der Waals surface area contributed by atoms with Gasteiger partial charge in [-0.2, -0.15) is 13.2 Å². The maximum Gasteiger partial charge on any atom is 0.397 e. The lowest BCUT2D eigenvalue weighted by atomic mass is 10.1. The minimum Gasteiger partial charge on any atom is -0.334 e. The van der Waals surface area contributed by atoms with Crippen LogP contribution in [0.4, 0.5) is 13.2 Å². The van der Waals surface area contributed by atoms with Gasteiger partial charge in [-0.3, -0.25) is 4.79 Å². The Morgan fingerprint density at radius 3 is 2.20 bits per heavy atom. The van der Waals surface area contributed by atoms with Crippen molar-refractivity contribution in [2.45, 2.75) is 38.5 Å². The molecule has 1 N–H and O–H groups in total. The minimum absolute atomic E-state index is 0.177. The SMILES string of the molecule is CC1CNCC(C)N1C(=O)CC(F)(F)F. The molecule has 6 heteroatoms. The van der Waals surface area contributed by atoms with Crippen molar-refractivity contribution in [3.63, 3.8) is 0 Å². The van der Waals surface area contributed by atoms with E-state index >= 15 is 0 Å². The standard InChI is InChI=1S/C9H15F3N2O/c1-6-4-13-5-7(2)14(6)8(15)3-9(10,11)12/h6-7,13H,3-5H2,1-2H3. The van der Waals surface area contributed by atoms with Crippen LogP contribution in [0.5, 0.6) is 0 Å². The summed E-state index contributed by atoms with van der Waals surface area (Å²) in [6.45, 7) is 4.59. The number of amides is 1. The first-order chi connectivity index (χ1) is 6.81. The van der Waals surface area contributed by atoms with E-state index in [1.807, 2.05) is 0 Å². The van der Waals surface area contributed by atoms with E-state index in [0.717, 1.165) is 0 Å². The number of carbonyl (C=O) groups excluding carboxylic acids is 1. The predicted molar refractivity (Wildman–Crippen MR) is 49.3 cm³/mol. The van der Waals surface area contributed by atoms with E-state index in [9.17, 15) is 18.0 Å². The first-order valence-corrected chi connectivity index (χ1v) is 4.90. The van der Waals surface area contributed by atoms with E-state index in [2.05, 4.69) is 5.32 Å². The van der Waals surface area contributed by atoms with Crippen LogP contribution in [0.15, 0.2) is 0 Å². The second-order valence-electron chi connectivity index (χ2n) is 3.95. The molecule has 0 aromatic carbocycles. The van der Waals surface area contributed by atoms with E-state index in [0.29, 0.717) is 13.1 Å². The molecule has 0 aliphatic carbocycles. The third-order valence-corrected chi connectivity index (χ3v) is 2.47. The summed E-state index contributed by atoms with van der Waals surface area (Å²) >= 11 is 0. The van der Waals surface area contributed by atoms with Gasteiger partial charge in [0.15, 0.2) is 0 Å². The average Bonchev–Trinajstić information content (AvgIpc) is 1.99. The molecule has 0 radical (unpaired) electrons. The highest BCUT2D eigenvalue weighted by Crippen LogP contribution is 2.22. The van der Waals surface area contributed by atoms with Crippen molar-refractivity contribution < 1.29 is 18.0 Å². The largest absolute Gasteiger partial charge is 0.397 e. The molecule has 1 rings (SSSR count). The summed E-state index contributed by atoms with van der Waals surface area (Å²) in [4.78, 5) is 12.7. The zero-order valence-corrected chi connectivity index (χ0v) is 8.77. The van der Waals surface area contributed by atoms with E-state index in [1.54, 1.807) is 13.8 Å². The number of rotatable bonds is 1. The molecule has 1 fully saturated rings. The van der Waals surface area contributed by atoms with Gasteiger partial charge in [-0.05, 0) is 13.8 Å². The maximum atomic E-state index is 12.1. The van der Waals surface area contributed by atoms with Gasteiger partial charge < -0.3 is 10.2 Å². The lowest BCUT2D eigenvalue weighted by molar-refractivity contribution is -0.165.